The second kappa shape index (κ2) is 15.5. The number of nitrogens with one attached hydrogen (secondary N) is 3. The molecule has 0 aliphatic carbocycles. The number of amides is 5. The van der Waals surface area contributed by atoms with Gasteiger partial charge in [-0.2, -0.15) is 0 Å². The number of primary amides is 2. The van der Waals surface area contributed by atoms with Crippen LogP contribution in [0.3, 0.4) is 0 Å². The topological polar surface area (TPSA) is 283 Å². The Morgan fingerprint density at radius 2 is 1.41 bits per heavy atom. The number of rotatable bonds is 17. The SMILES string of the molecule is CC(O)C(NC(=O)C(N)CC(N)=O)C(=O)NC(CCC(N)=O)C(=O)NC(CCCCN)C(=O)O. The van der Waals surface area contributed by atoms with E-state index in [1.54, 1.807) is 0 Å². The zero-order valence-electron chi connectivity index (χ0n) is 19.0. The smallest absolute Gasteiger partial charge is 0.326 e. The van der Waals surface area contributed by atoms with Crippen LogP contribution in [0.2, 0.25) is 0 Å². The molecule has 5 atom stereocenters. The van der Waals surface area contributed by atoms with Gasteiger partial charge in [0.25, 0.3) is 0 Å². The van der Waals surface area contributed by atoms with Gasteiger partial charge in [0.15, 0.2) is 0 Å². The lowest BCUT2D eigenvalue weighted by atomic mass is 10.1. The highest BCUT2D eigenvalue weighted by atomic mass is 16.4. The zero-order valence-corrected chi connectivity index (χ0v) is 19.0. The molecular formula is C19H35N7O8. The largest absolute Gasteiger partial charge is 0.480 e. The van der Waals surface area contributed by atoms with Crippen molar-refractivity contribution in [3.05, 3.63) is 0 Å². The Balaban J connectivity index is 5.47. The minimum atomic E-state index is -1.59. The number of carboxylic acid groups (broad SMARTS) is 1. The van der Waals surface area contributed by atoms with Gasteiger partial charge in [-0.1, -0.05) is 0 Å². The molecule has 0 saturated carbocycles. The van der Waals surface area contributed by atoms with Crippen molar-refractivity contribution in [2.24, 2.45) is 22.9 Å². The molecule has 0 saturated heterocycles. The Morgan fingerprint density at radius 3 is 1.88 bits per heavy atom. The highest BCUT2D eigenvalue weighted by Crippen LogP contribution is 2.05. The van der Waals surface area contributed by atoms with Crippen molar-refractivity contribution >= 4 is 35.5 Å². The molecule has 0 fully saturated rings. The summed E-state index contributed by atoms with van der Waals surface area (Å²) in [6, 6.07) is -5.65. The predicted octanol–water partition coefficient (Wildman–Crippen LogP) is -4.50. The summed E-state index contributed by atoms with van der Waals surface area (Å²) in [7, 11) is 0. The minimum absolute atomic E-state index is 0.0822. The minimum Gasteiger partial charge on any atom is -0.480 e. The fraction of sp³-hybridized carbons (Fsp3) is 0.684. The summed E-state index contributed by atoms with van der Waals surface area (Å²) in [4.78, 5) is 71.1. The van der Waals surface area contributed by atoms with Gasteiger partial charge in [-0.25, -0.2) is 4.79 Å². The second-order valence-corrected chi connectivity index (χ2v) is 7.75. The van der Waals surface area contributed by atoms with E-state index in [0.717, 1.165) is 0 Å². The van der Waals surface area contributed by atoms with Gasteiger partial charge in [0.1, 0.15) is 18.1 Å². The van der Waals surface area contributed by atoms with Crippen molar-refractivity contribution in [1.29, 1.82) is 0 Å². The lowest BCUT2D eigenvalue weighted by molar-refractivity contribution is -0.142. The molecule has 15 heteroatoms. The first-order valence-electron chi connectivity index (χ1n) is 10.6. The summed E-state index contributed by atoms with van der Waals surface area (Å²) in [6.45, 7) is 1.52. The van der Waals surface area contributed by atoms with Crippen LogP contribution in [0.5, 0.6) is 0 Å². The fourth-order valence-electron chi connectivity index (χ4n) is 2.81. The summed E-state index contributed by atoms with van der Waals surface area (Å²) < 4.78 is 0. The van der Waals surface area contributed by atoms with Crippen LogP contribution in [0.25, 0.3) is 0 Å². The molecule has 0 bridgehead atoms. The molecule has 0 radical (unpaired) electrons. The molecule has 13 N–H and O–H groups in total. The van der Waals surface area contributed by atoms with Crippen molar-refractivity contribution in [1.82, 2.24) is 16.0 Å². The summed E-state index contributed by atoms with van der Waals surface area (Å²) >= 11 is 0. The van der Waals surface area contributed by atoms with E-state index in [0.29, 0.717) is 19.4 Å². The number of unbranched alkanes of at least 4 members (excludes halogenated alkanes) is 1. The highest BCUT2D eigenvalue weighted by Gasteiger charge is 2.32. The van der Waals surface area contributed by atoms with Crippen LogP contribution in [0, 0.1) is 0 Å². The van der Waals surface area contributed by atoms with Gasteiger partial charge in [0.2, 0.25) is 29.5 Å². The number of aliphatic hydroxyl groups excluding tert-OH is 1. The van der Waals surface area contributed by atoms with E-state index in [1.165, 1.54) is 6.92 Å². The Hall–Kier alpha value is -3.30. The molecule has 0 spiro atoms. The predicted molar refractivity (Wildman–Crippen MR) is 118 cm³/mol. The molecule has 5 unspecified atom stereocenters. The van der Waals surface area contributed by atoms with Gasteiger partial charge < -0.3 is 49.1 Å². The number of aliphatic carboxylic acids is 1. The van der Waals surface area contributed by atoms with E-state index in [2.05, 4.69) is 16.0 Å². The lowest BCUT2D eigenvalue weighted by Crippen LogP contribution is -2.60. The summed E-state index contributed by atoms with van der Waals surface area (Å²) in [6.07, 6.45) is -1.51. The number of carboxylic acids is 1. The van der Waals surface area contributed by atoms with Gasteiger partial charge in [0, 0.05) is 6.42 Å². The third-order valence-corrected chi connectivity index (χ3v) is 4.69. The second-order valence-electron chi connectivity index (χ2n) is 7.75. The van der Waals surface area contributed by atoms with Crippen molar-refractivity contribution in [3.8, 4) is 0 Å². The molecule has 0 aliphatic heterocycles. The van der Waals surface area contributed by atoms with Crippen LogP contribution in [0.15, 0.2) is 0 Å². The normalized spacial score (nSPS) is 15.2. The first kappa shape index (κ1) is 30.7. The van der Waals surface area contributed by atoms with Gasteiger partial charge in [-0.05, 0) is 39.2 Å². The van der Waals surface area contributed by atoms with Crippen molar-refractivity contribution < 1.29 is 39.0 Å². The van der Waals surface area contributed by atoms with Gasteiger partial charge in [-0.3, -0.25) is 24.0 Å². The first-order valence-corrected chi connectivity index (χ1v) is 10.6. The average Bonchev–Trinajstić information content (AvgIpc) is 2.72. The van der Waals surface area contributed by atoms with E-state index in [9.17, 15) is 39.0 Å². The fourth-order valence-corrected chi connectivity index (χ4v) is 2.81. The molecule has 194 valence electrons. The van der Waals surface area contributed by atoms with Gasteiger partial charge in [0.05, 0.1) is 18.6 Å². The standard InChI is InChI=1S/C19H35N7O8/c1-9(27)15(26-16(30)10(21)8-14(23)29)18(32)24-11(5-6-13(22)28)17(31)25-12(19(33)34)4-2-3-7-20/h9-12,15,27H,2-8,20-21H2,1H3,(H2,22,28)(H2,23,29)(H,24,32)(H,25,31)(H,26,30)(H,33,34). The van der Waals surface area contributed by atoms with Crippen LogP contribution in [0.1, 0.15) is 45.4 Å². The summed E-state index contributed by atoms with van der Waals surface area (Å²) in [5.41, 5.74) is 21.0. The maximum Gasteiger partial charge on any atom is 0.326 e. The number of hydrogen-bond acceptors (Lipinski definition) is 9. The molecule has 0 heterocycles. The number of carbonyl (C=O) groups excluding carboxylic acids is 5. The van der Waals surface area contributed by atoms with E-state index in [-0.39, 0.29) is 19.3 Å². The molecule has 0 aromatic rings. The highest BCUT2D eigenvalue weighted by molar-refractivity contribution is 5.95. The summed E-state index contributed by atoms with van der Waals surface area (Å²) in [5.74, 6) is -5.82. The van der Waals surface area contributed by atoms with Crippen LogP contribution in [0.4, 0.5) is 0 Å². The van der Waals surface area contributed by atoms with E-state index in [4.69, 9.17) is 22.9 Å². The molecule has 0 rings (SSSR count). The molecule has 34 heavy (non-hydrogen) atoms. The van der Waals surface area contributed by atoms with Crippen LogP contribution in [-0.2, 0) is 28.8 Å². The zero-order chi connectivity index (χ0) is 26.4. The quantitative estimate of drug-likeness (QED) is 0.0882. The Labute approximate surface area is 196 Å². The number of aliphatic hydroxyl groups is 1. The maximum absolute atomic E-state index is 12.7. The number of nitrogens with two attached hydrogens (primary N) is 4. The Morgan fingerprint density at radius 1 is 0.824 bits per heavy atom. The lowest BCUT2D eigenvalue weighted by Gasteiger charge is -2.26. The average molecular weight is 490 g/mol. The molecular weight excluding hydrogens is 454 g/mol. The van der Waals surface area contributed by atoms with Crippen molar-refractivity contribution in [3.63, 3.8) is 0 Å². The van der Waals surface area contributed by atoms with E-state index >= 15 is 0 Å². The third kappa shape index (κ3) is 12.1. The Kier molecular flexibility index (Phi) is 14.0. The van der Waals surface area contributed by atoms with Gasteiger partial charge in [-0.15, -0.1) is 0 Å². The monoisotopic (exact) mass is 489 g/mol. The van der Waals surface area contributed by atoms with Crippen molar-refractivity contribution in [2.75, 3.05) is 6.54 Å². The van der Waals surface area contributed by atoms with Crippen LogP contribution in [-0.4, -0.2) is 82.5 Å². The van der Waals surface area contributed by atoms with Crippen molar-refractivity contribution in [2.45, 2.75) is 75.7 Å². The molecule has 5 amide bonds. The molecule has 0 aromatic heterocycles. The number of carbonyl (C=O) groups is 6. The number of hydrogen-bond donors (Lipinski definition) is 9. The van der Waals surface area contributed by atoms with E-state index < -0.39 is 72.2 Å². The summed E-state index contributed by atoms with van der Waals surface area (Å²) in [5, 5.41) is 26.0. The van der Waals surface area contributed by atoms with E-state index in [1.807, 2.05) is 0 Å². The van der Waals surface area contributed by atoms with Gasteiger partial charge >= 0.3 is 5.97 Å². The molecule has 0 aliphatic rings. The Bertz CT molecular complexity index is 746. The third-order valence-electron chi connectivity index (χ3n) is 4.69. The molecule has 0 aromatic carbocycles. The first-order chi connectivity index (χ1) is 15.8. The van der Waals surface area contributed by atoms with Crippen LogP contribution >= 0.6 is 0 Å². The maximum atomic E-state index is 12.7. The van der Waals surface area contributed by atoms with Crippen LogP contribution < -0.4 is 38.9 Å². The molecule has 15 nitrogen and oxygen atoms in total.